The van der Waals surface area contributed by atoms with Gasteiger partial charge >= 0.3 is 0 Å². The van der Waals surface area contributed by atoms with E-state index in [1.807, 2.05) is 12.1 Å². The number of nitrogens with two attached hydrogens (primary N) is 1. The summed E-state index contributed by atoms with van der Waals surface area (Å²) in [5.74, 6) is 1.53. The Morgan fingerprint density at radius 2 is 0.879 bits per heavy atom. The monoisotopic (exact) mass is 491 g/mol. The van der Waals surface area contributed by atoms with Gasteiger partial charge in [0.05, 0.1) is 72.7 Å². The topological polar surface area (TPSA) is 90.6 Å². The zero-order valence-electron chi connectivity index (χ0n) is 19.9. The molecule has 0 unspecified atom stereocenters. The molecule has 0 saturated carbocycles. The number of rotatable bonds is 25. The van der Waals surface area contributed by atoms with E-state index in [2.05, 4.69) is 0 Å². The Labute approximate surface area is 203 Å². The van der Waals surface area contributed by atoms with Crippen molar-refractivity contribution < 1.29 is 33.2 Å². The molecular weight excluding hydrogens is 450 g/mol. The van der Waals surface area contributed by atoms with Crippen LogP contribution < -0.4 is 10.5 Å². The molecule has 0 atom stereocenters. The number of hydrogen-bond acceptors (Lipinski definition) is 8. The zero-order valence-corrected chi connectivity index (χ0v) is 20.6. The zero-order chi connectivity index (χ0) is 23.7. The molecule has 0 aliphatic heterocycles. The van der Waals surface area contributed by atoms with E-state index in [1.165, 1.54) is 12.8 Å². The molecule has 0 heterocycles. The van der Waals surface area contributed by atoms with Gasteiger partial charge in [-0.2, -0.15) is 0 Å². The van der Waals surface area contributed by atoms with Crippen LogP contribution in [-0.4, -0.2) is 91.8 Å². The molecule has 1 rings (SSSR count). The van der Waals surface area contributed by atoms with Crippen LogP contribution in [0.3, 0.4) is 0 Å². The van der Waals surface area contributed by atoms with Crippen molar-refractivity contribution in [2.45, 2.75) is 25.7 Å². The third-order valence-corrected chi connectivity index (χ3v) is 4.68. The summed E-state index contributed by atoms with van der Waals surface area (Å²) in [6, 6.07) is 7.28. The van der Waals surface area contributed by atoms with Crippen molar-refractivity contribution in [1.29, 1.82) is 0 Å². The van der Waals surface area contributed by atoms with Crippen molar-refractivity contribution in [2.75, 3.05) is 97.5 Å². The summed E-state index contributed by atoms with van der Waals surface area (Å²) >= 11 is 5.64. The van der Waals surface area contributed by atoms with Crippen LogP contribution in [0, 0.1) is 0 Å². The molecule has 0 bridgehead atoms. The van der Waals surface area contributed by atoms with Crippen LogP contribution in [0.5, 0.6) is 5.75 Å². The van der Waals surface area contributed by atoms with Crippen LogP contribution in [0.15, 0.2) is 24.3 Å². The first kappa shape index (κ1) is 29.9. The van der Waals surface area contributed by atoms with Crippen molar-refractivity contribution in [3.8, 4) is 5.75 Å². The maximum atomic E-state index is 5.64. The number of nitrogen functional groups attached to an aromatic ring is 1. The summed E-state index contributed by atoms with van der Waals surface area (Å²) in [6.45, 7) is 7.31. The largest absolute Gasteiger partial charge is 0.491 e. The fourth-order valence-electron chi connectivity index (χ4n) is 2.64. The normalized spacial score (nSPS) is 11.2. The van der Waals surface area contributed by atoms with Gasteiger partial charge in [-0.3, -0.25) is 0 Å². The molecule has 192 valence electrons. The summed E-state index contributed by atoms with van der Waals surface area (Å²) < 4.78 is 38.3. The number of unbranched alkanes of at least 4 members (excludes halogenated alkanes) is 3. The Hall–Kier alpha value is -1.13. The van der Waals surface area contributed by atoms with E-state index in [0.29, 0.717) is 79.3 Å². The lowest BCUT2D eigenvalue weighted by Gasteiger charge is -2.09. The van der Waals surface area contributed by atoms with Gasteiger partial charge in [-0.05, 0) is 37.1 Å². The Bertz CT molecular complexity index is 522. The van der Waals surface area contributed by atoms with Gasteiger partial charge in [0, 0.05) is 18.2 Å². The first-order valence-electron chi connectivity index (χ1n) is 11.8. The lowest BCUT2D eigenvalue weighted by atomic mass is 10.2. The minimum atomic E-state index is 0.488. The molecule has 8 nitrogen and oxygen atoms in total. The van der Waals surface area contributed by atoms with Gasteiger partial charge in [0.2, 0.25) is 0 Å². The summed E-state index contributed by atoms with van der Waals surface area (Å²) in [4.78, 5) is 0. The fourth-order valence-corrected chi connectivity index (χ4v) is 2.83. The Morgan fingerprint density at radius 3 is 1.33 bits per heavy atom. The number of benzene rings is 1. The molecule has 33 heavy (non-hydrogen) atoms. The van der Waals surface area contributed by atoms with Crippen LogP contribution in [-0.2, 0) is 28.4 Å². The molecule has 0 aliphatic rings. The van der Waals surface area contributed by atoms with Crippen molar-refractivity contribution in [1.82, 2.24) is 0 Å². The standard InChI is InChI=1S/C24H42ClNO7/c25-9-3-1-2-4-10-27-11-12-28-13-14-29-15-16-30-17-18-31-19-20-32-21-22-33-24-7-5-23(26)6-8-24/h5-8H,1-4,9-22,26H2. The minimum absolute atomic E-state index is 0.488. The minimum Gasteiger partial charge on any atom is -0.491 e. The summed E-state index contributed by atoms with van der Waals surface area (Å²) in [6.07, 6.45) is 4.52. The van der Waals surface area contributed by atoms with Crippen LogP contribution >= 0.6 is 11.6 Å². The van der Waals surface area contributed by atoms with Crippen LogP contribution in [0.4, 0.5) is 5.69 Å². The van der Waals surface area contributed by atoms with Crippen molar-refractivity contribution in [2.24, 2.45) is 0 Å². The van der Waals surface area contributed by atoms with E-state index in [1.54, 1.807) is 12.1 Å². The van der Waals surface area contributed by atoms with Crippen molar-refractivity contribution >= 4 is 17.3 Å². The quantitative estimate of drug-likeness (QED) is 0.126. The molecule has 1 aromatic carbocycles. The Kier molecular flexibility index (Phi) is 21.8. The second-order valence-electron chi connectivity index (χ2n) is 7.19. The summed E-state index contributed by atoms with van der Waals surface area (Å²) in [7, 11) is 0. The van der Waals surface area contributed by atoms with Crippen LogP contribution in [0.1, 0.15) is 25.7 Å². The van der Waals surface area contributed by atoms with E-state index in [0.717, 1.165) is 36.8 Å². The van der Waals surface area contributed by atoms with Gasteiger partial charge in [-0.25, -0.2) is 0 Å². The molecule has 2 N–H and O–H groups in total. The molecule has 0 aliphatic carbocycles. The van der Waals surface area contributed by atoms with E-state index in [9.17, 15) is 0 Å². The Balaban J connectivity index is 1.66. The highest BCUT2D eigenvalue weighted by Gasteiger charge is 1.96. The maximum absolute atomic E-state index is 5.64. The van der Waals surface area contributed by atoms with Gasteiger partial charge < -0.3 is 38.9 Å². The lowest BCUT2D eigenvalue weighted by molar-refractivity contribution is -0.0179. The third-order valence-electron chi connectivity index (χ3n) is 4.41. The number of anilines is 1. The fraction of sp³-hybridized carbons (Fsp3) is 0.750. The number of ether oxygens (including phenoxy) is 7. The maximum Gasteiger partial charge on any atom is 0.119 e. The molecule has 1 aromatic rings. The van der Waals surface area contributed by atoms with Gasteiger partial charge in [-0.1, -0.05) is 12.8 Å². The highest BCUT2D eigenvalue weighted by molar-refractivity contribution is 6.17. The van der Waals surface area contributed by atoms with Gasteiger partial charge in [-0.15, -0.1) is 11.6 Å². The van der Waals surface area contributed by atoms with Crippen LogP contribution in [0.2, 0.25) is 0 Å². The smallest absolute Gasteiger partial charge is 0.119 e. The van der Waals surface area contributed by atoms with Crippen LogP contribution in [0.25, 0.3) is 0 Å². The van der Waals surface area contributed by atoms with Gasteiger partial charge in [0.15, 0.2) is 0 Å². The molecule has 0 amide bonds. The second-order valence-corrected chi connectivity index (χ2v) is 7.57. The van der Waals surface area contributed by atoms with E-state index >= 15 is 0 Å². The highest BCUT2D eigenvalue weighted by atomic mass is 35.5. The number of halogens is 1. The lowest BCUT2D eigenvalue weighted by Crippen LogP contribution is -2.14. The predicted molar refractivity (Wildman–Crippen MR) is 130 cm³/mol. The van der Waals surface area contributed by atoms with E-state index < -0.39 is 0 Å². The SMILES string of the molecule is Nc1ccc(OCCOCCOCCOCCOCCOCCOCCCCCCCl)cc1. The average molecular weight is 492 g/mol. The second kappa shape index (κ2) is 24.0. The van der Waals surface area contributed by atoms with Gasteiger partial charge in [0.1, 0.15) is 12.4 Å². The van der Waals surface area contributed by atoms with Crippen molar-refractivity contribution in [3.63, 3.8) is 0 Å². The molecule has 0 fully saturated rings. The molecular formula is C24H42ClNO7. The highest BCUT2D eigenvalue weighted by Crippen LogP contribution is 2.12. The first-order chi connectivity index (χ1) is 16.3. The molecule has 0 saturated heterocycles. The molecule has 9 heteroatoms. The average Bonchev–Trinajstić information content (AvgIpc) is 2.83. The van der Waals surface area contributed by atoms with E-state index in [-0.39, 0.29) is 0 Å². The van der Waals surface area contributed by atoms with Gasteiger partial charge in [0.25, 0.3) is 0 Å². The summed E-state index contributed by atoms with van der Waals surface area (Å²) in [5, 5.41) is 0. The summed E-state index contributed by atoms with van der Waals surface area (Å²) in [5.41, 5.74) is 6.34. The Morgan fingerprint density at radius 1 is 0.485 bits per heavy atom. The van der Waals surface area contributed by atoms with Crippen molar-refractivity contribution in [3.05, 3.63) is 24.3 Å². The number of hydrogen-bond donors (Lipinski definition) is 1. The molecule has 0 radical (unpaired) electrons. The third kappa shape index (κ3) is 21.2. The first-order valence-corrected chi connectivity index (χ1v) is 12.4. The van der Waals surface area contributed by atoms with E-state index in [4.69, 9.17) is 50.5 Å². The molecule has 0 spiro atoms. The molecule has 0 aromatic heterocycles. The number of alkyl halides is 1. The predicted octanol–water partition coefficient (Wildman–Crippen LogP) is 3.55.